The average molecular weight is 363 g/mol. The van der Waals surface area contributed by atoms with E-state index >= 15 is 0 Å². The first-order chi connectivity index (χ1) is 11.7. The number of thiophene rings is 1. The second-order valence-electron chi connectivity index (χ2n) is 6.04. The average Bonchev–Trinajstić information content (AvgIpc) is 3.12. The van der Waals surface area contributed by atoms with Crippen LogP contribution >= 0.6 is 23.6 Å². The van der Waals surface area contributed by atoms with Crippen LogP contribution in [0, 0.1) is 6.92 Å². The van der Waals surface area contributed by atoms with Gasteiger partial charge in [-0.25, -0.2) is 0 Å². The van der Waals surface area contributed by atoms with Crippen molar-refractivity contribution in [3.05, 3.63) is 52.2 Å². The maximum atomic E-state index is 5.51. The zero-order valence-corrected chi connectivity index (χ0v) is 15.5. The van der Waals surface area contributed by atoms with Crippen molar-refractivity contribution < 1.29 is 9.64 Å². The fourth-order valence-corrected chi connectivity index (χ4v) is 4.01. The largest absolute Gasteiger partial charge is 0.370 e. The van der Waals surface area contributed by atoms with Crippen LogP contribution in [0.2, 0.25) is 0 Å². The molecule has 128 valence electrons. The Balaban J connectivity index is 1.58. The molecule has 1 aliphatic heterocycles. The number of aryl methyl sites for hydroxylation is 1. The third-order valence-corrected chi connectivity index (χ3v) is 5.52. The summed E-state index contributed by atoms with van der Waals surface area (Å²) in [7, 11) is 0. The van der Waals surface area contributed by atoms with Crippen LogP contribution < -0.4 is 15.5 Å². The molecule has 0 saturated carbocycles. The Kier molecular flexibility index (Phi) is 6.20. The summed E-state index contributed by atoms with van der Waals surface area (Å²) >= 11 is 7.28. The topological polar surface area (TPSA) is 37.7 Å². The van der Waals surface area contributed by atoms with Gasteiger partial charge in [-0.15, -0.1) is 11.3 Å². The van der Waals surface area contributed by atoms with Crippen LogP contribution in [0.15, 0.2) is 41.8 Å². The zero-order chi connectivity index (χ0) is 16.8. The van der Waals surface area contributed by atoms with Gasteiger partial charge in [0.1, 0.15) is 19.1 Å². The second kappa shape index (κ2) is 8.58. The number of thiocarbonyl (C=S) groups is 1. The number of rotatable bonds is 5. The van der Waals surface area contributed by atoms with Gasteiger partial charge in [0, 0.05) is 5.69 Å². The summed E-state index contributed by atoms with van der Waals surface area (Å²) in [6.07, 6.45) is 0. The van der Waals surface area contributed by atoms with E-state index in [-0.39, 0.29) is 0 Å². The first kappa shape index (κ1) is 17.4. The van der Waals surface area contributed by atoms with E-state index in [9.17, 15) is 0 Å². The van der Waals surface area contributed by atoms with Gasteiger partial charge in [-0.1, -0.05) is 23.8 Å². The number of benzene rings is 1. The molecule has 1 fully saturated rings. The summed E-state index contributed by atoms with van der Waals surface area (Å²) in [5, 5.41) is 9.48. The quantitative estimate of drug-likeness (QED) is 0.712. The first-order valence-corrected chi connectivity index (χ1v) is 9.58. The Labute approximate surface area is 152 Å². The Morgan fingerprint density at radius 3 is 2.67 bits per heavy atom. The molecule has 2 heterocycles. The molecule has 1 aliphatic rings. The van der Waals surface area contributed by atoms with Gasteiger partial charge in [-0.3, -0.25) is 0 Å². The predicted octanol–water partition coefficient (Wildman–Crippen LogP) is 2.00. The van der Waals surface area contributed by atoms with Gasteiger partial charge >= 0.3 is 0 Å². The normalized spacial score (nSPS) is 16.5. The van der Waals surface area contributed by atoms with Crippen molar-refractivity contribution in [2.24, 2.45) is 0 Å². The summed E-state index contributed by atoms with van der Waals surface area (Å²) in [4.78, 5) is 2.96. The molecule has 3 N–H and O–H groups in total. The molecule has 3 rings (SSSR count). The van der Waals surface area contributed by atoms with E-state index in [1.165, 1.54) is 10.4 Å². The van der Waals surface area contributed by atoms with Crippen LogP contribution in [0.5, 0.6) is 0 Å². The van der Waals surface area contributed by atoms with E-state index in [4.69, 9.17) is 17.0 Å². The summed E-state index contributed by atoms with van der Waals surface area (Å²) in [5.41, 5.74) is 2.26. The van der Waals surface area contributed by atoms with Crippen LogP contribution in [0.25, 0.3) is 0 Å². The molecule has 24 heavy (non-hydrogen) atoms. The molecule has 2 aromatic rings. The Bertz CT molecular complexity index is 637. The lowest BCUT2D eigenvalue weighted by Gasteiger charge is -2.31. The van der Waals surface area contributed by atoms with Crippen molar-refractivity contribution in [1.29, 1.82) is 0 Å². The molecule has 0 bridgehead atoms. The fraction of sp³-hybridized carbons (Fsp3) is 0.389. The van der Waals surface area contributed by atoms with Crippen LogP contribution in [-0.4, -0.2) is 38.0 Å². The minimum atomic E-state index is 0.409. The standard InChI is InChI=1S/C18H23N3OS2/c1-14-4-6-15(7-5-14)20-18(23)19-13-16(17-3-2-12-24-17)21-8-10-22-11-9-21/h2-7,12,16H,8-11,13H2,1H3,(H2,19,20,23)/p+1/t16-/m0/s1. The molecule has 0 unspecified atom stereocenters. The van der Waals surface area contributed by atoms with Gasteiger partial charge in [-0.2, -0.15) is 0 Å². The monoisotopic (exact) mass is 362 g/mol. The van der Waals surface area contributed by atoms with Crippen molar-refractivity contribution in [2.45, 2.75) is 13.0 Å². The SMILES string of the molecule is Cc1ccc(NC(=S)NC[C@@H](c2cccs2)[NH+]2CCOCC2)cc1. The number of nitrogens with one attached hydrogen (secondary N) is 3. The third-order valence-electron chi connectivity index (χ3n) is 4.29. The zero-order valence-electron chi connectivity index (χ0n) is 13.9. The maximum absolute atomic E-state index is 5.51. The Morgan fingerprint density at radius 2 is 2.00 bits per heavy atom. The van der Waals surface area contributed by atoms with Crippen molar-refractivity contribution in [2.75, 3.05) is 38.2 Å². The number of hydrogen-bond acceptors (Lipinski definition) is 3. The number of quaternary nitrogens is 1. The smallest absolute Gasteiger partial charge is 0.171 e. The van der Waals surface area contributed by atoms with E-state index < -0.39 is 0 Å². The molecule has 0 spiro atoms. The molecular formula is C18H24N3OS2+. The molecule has 1 aromatic heterocycles. The highest BCUT2D eigenvalue weighted by molar-refractivity contribution is 7.80. The molecule has 1 saturated heterocycles. The van der Waals surface area contributed by atoms with Crippen molar-refractivity contribution in [3.8, 4) is 0 Å². The van der Waals surface area contributed by atoms with Crippen LogP contribution in [0.1, 0.15) is 16.5 Å². The highest BCUT2D eigenvalue weighted by atomic mass is 32.1. The van der Waals surface area contributed by atoms with Crippen LogP contribution in [0.3, 0.4) is 0 Å². The summed E-state index contributed by atoms with van der Waals surface area (Å²) in [5.74, 6) is 0. The molecule has 1 atom stereocenters. The Hall–Kier alpha value is -1.47. The summed E-state index contributed by atoms with van der Waals surface area (Å²) in [6, 6.07) is 13.0. The lowest BCUT2D eigenvalue weighted by Crippen LogP contribution is -3.15. The number of morpholine rings is 1. The number of anilines is 1. The molecule has 0 aliphatic carbocycles. The molecule has 0 radical (unpaired) electrons. The van der Waals surface area contributed by atoms with E-state index in [1.54, 1.807) is 4.90 Å². The van der Waals surface area contributed by atoms with Gasteiger partial charge in [-0.05, 0) is 42.7 Å². The minimum absolute atomic E-state index is 0.409. The fourth-order valence-electron chi connectivity index (χ4n) is 2.92. The van der Waals surface area contributed by atoms with E-state index in [0.717, 1.165) is 38.5 Å². The highest BCUT2D eigenvalue weighted by Crippen LogP contribution is 2.16. The molecular weight excluding hydrogens is 338 g/mol. The van der Waals surface area contributed by atoms with Gasteiger partial charge in [0.2, 0.25) is 0 Å². The van der Waals surface area contributed by atoms with Gasteiger partial charge in [0.25, 0.3) is 0 Å². The first-order valence-electron chi connectivity index (χ1n) is 8.29. The van der Waals surface area contributed by atoms with Gasteiger partial charge in [0.05, 0.1) is 24.6 Å². The lowest BCUT2D eigenvalue weighted by atomic mass is 10.2. The highest BCUT2D eigenvalue weighted by Gasteiger charge is 2.27. The molecule has 6 heteroatoms. The molecule has 0 amide bonds. The summed E-state index contributed by atoms with van der Waals surface area (Å²) in [6.45, 7) is 6.67. The summed E-state index contributed by atoms with van der Waals surface area (Å²) < 4.78 is 5.51. The number of ether oxygens (including phenoxy) is 1. The third kappa shape index (κ3) is 4.77. The van der Waals surface area contributed by atoms with E-state index in [1.807, 2.05) is 23.5 Å². The van der Waals surface area contributed by atoms with Crippen molar-refractivity contribution >= 4 is 34.4 Å². The van der Waals surface area contributed by atoms with Crippen LogP contribution in [-0.2, 0) is 4.74 Å². The van der Waals surface area contributed by atoms with E-state index in [0.29, 0.717) is 11.2 Å². The Morgan fingerprint density at radius 1 is 1.25 bits per heavy atom. The van der Waals surface area contributed by atoms with Gasteiger partial charge in [0.15, 0.2) is 5.11 Å². The van der Waals surface area contributed by atoms with Crippen molar-refractivity contribution in [1.82, 2.24) is 5.32 Å². The maximum Gasteiger partial charge on any atom is 0.171 e. The van der Waals surface area contributed by atoms with Crippen molar-refractivity contribution in [3.63, 3.8) is 0 Å². The molecule has 4 nitrogen and oxygen atoms in total. The predicted molar refractivity (Wildman–Crippen MR) is 104 cm³/mol. The van der Waals surface area contributed by atoms with Crippen LogP contribution in [0.4, 0.5) is 5.69 Å². The number of hydrogen-bond donors (Lipinski definition) is 3. The minimum Gasteiger partial charge on any atom is -0.370 e. The lowest BCUT2D eigenvalue weighted by molar-refractivity contribution is -0.937. The second-order valence-corrected chi connectivity index (χ2v) is 7.43. The van der Waals surface area contributed by atoms with E-state index in [2.05, 4.69) is 47.2 Å². The van der Waals surface area contributed by atoms with Gasteiger partial charge < -0.3 is 20.3 Å². The molecule has 1 aromatic carbocycles.